The molecule has 1 aliphatic heterocycles. The lowest BCUT2D eigenvalue weighted by atomic mass is 9.83. The monoisotopic (exact) mass is 644 g/mol. The zero-order valence-corrected chi connectivity index (χ0v) is 26.1. The van der Waals surface area contributed by atoms with Crippen LogP contribution in [0.2, 0.25) is 0 Å². The maximum atomic E-state index is 13.9. The molecule has 1 aliphatic rings. The summed E-state index contributed by atoms with van der Waals surface area (Å²) in [5.74, 6) is -6.33. The Hall–Kier alpha value is -4.14. The van der Waals surface area contributed by atoms with Crippen molar-refractivity contribution in [3.63, 3.8) is 0 Å². The van der Waals surface area contributed by atoms with Crippen molar-refractivity contribution >= 4 is 39.7 Å². The van der Waals surface area contributed by atoms with Crippen molar-refractivity contribution in [2.24, 2.45) is 17.8 Å². The van der Waals surface area contributed by atoms with E-state index in [-0.39, 0.29) is 48.6 Å². The summed E-state index contributed by atoms with van der Waals surface area (Å²) in [7, 11) is -4.07. The number of hydrogen-bond acceptors (Lipinski definition) is 8. The summed E-state index contributed by atoms with van der Waals surface area (Å²) >= 11 is 0. The van der Waals surface area contributed by atoms with Crippen molar-refractivity contribution < 1.29 is 42.2 Å². The number of fused-ring (bicyclic) bond motifs is 1. The molecule has 3 rings (SSSR count). The van der Waals surface area contributed by atoms with Crippen LogP contribution < -0.4 is 16.1 Å². The molecule has 0 radical (unpaired) electrons. The number of nitrogens with one attached hydrogen (secondary N) is 3. The fraction of sp³-hybridized carbons (Fsp3) is 0.452. The number of hydrogen-bond donors (Lipinski definition) is 5. The van der Waals surface area contributed by atoms with Crippen molar-refractivity contribution in [2.75, 3.05) is 18.8 Å². The standard InChI is InChI=1S/C31H40N4O9S/c1-20(2)17-24(25(28(37)34-41)19-35-30(39)22-13-7-8-14-23(22)31(35)40)27(36)33-26(18-21-11-5-3-6-12-21)29(38)32-15-9-4-10-16-45(42,43)44/h3,5-8,11-14,20,24-26,41H,4,9-10,15-19H2,1-2H3,(H,32,38)(H,33,36)(H,34,37)(H,42,43,44). The molecule has 0 saturated carbocycles. The number of benzene rings is 2. The predicted molar refractivity (Wildman–Crippen MR) is 164 cm³/mol. The summed E-state index contributed by atoms with van der Waals surface area (Å²) in [4.78, 5) is 67.2. The van der Waals surface area contributed by atoms with Crippen molar-refractivity contribution in [3.8, 4) is 0 Å². The maximum absolute atomic E-state index is 13.9. The summed E-state index contributed by atoms with van der Waals surface area (Å²) in [5, 5.41) is 15.1. The van der Waals surface area contributed by atoms with E-state index in [0.29, 0.717) is 12.8 Å². The van der Waals surface area contributed by atoms with E-state index in [1.54, 1.807) is 47.9 Å². The second kappa shape index (κ2) is 16.3. The van der Waals surface area contributed by atoms with Crippen molar-refractivity contribution in [2.45, 2.75) is 52.0 Å². The number of nitrogens with zero attached hydrogens (tertiary/aromatic N) is 1. The van der Waals surface area contributed by atoms with Gasteiger partial charge in [-0.15, -0.1) is 0 Å². The van der Waals surface area contributed by atoms with Crippen LogP contribution in [0.5, 0.6) is 0 Å². The van der Waals surface area contributed by atoms with Gasteiger partial charge in [0.15, 0.2) is 0 Å². The molecular weight excluding hydrogens is 604 g/mol. The van der Waals surface area contributed by atoms with E-state index >= 15 is 0 Å². The van der Waals surface area contributed by atoms with Gasteiger partial charge in [0.05, 0.1) is 28.7 Å². The first kappa shape index (κ1) is 35.3. The van der Waals surface area contributed by atoms with Crippen molar-refractivity contribution in [3.05, 3.63) is 71.3 Å². The Kier molecular flexibility index (Phi) is 12.8. The van der Waals surface area contributed by atoms with Crippen LogP contribution in [0.4, 0.5) is 0 Å². The van der Waals surface area contributed by atoms with E-state index < -0.39 is 64.1 Å². The number of carbonyl (C=O) groups excluding carboxylic acids is 5. The Morgan fingerprint density at radius 1 is 0.822 bits per heavy atom. The Morgan fingerprint density at radius 2 is 1.42 bits per heavy atom. The highest BCUT2D eigenvalue weighted by Crippen LogP contribution is 2.28. The van der Waals surface area contributed by atoms with Gasteiger partial charge in [0, 0.05) is 19.5 Å². The molecule has 3 atom stereocenters. The van der Waals surface area contributed by atoms with Gasteiger partial charge in [-0.3, -0.25) is 38.6 Å². The highest BCUT2D eigenvalue weighted by Gasteiger charge is 2.42. The fourth-order valence-electron chi connectivity index (χ4n) is 5.30. The van der Waals surface area contributed by atoms with Gasteiger partial charge in [-0.05, 0) is 42.9 Å². The topological polar surface area (TPSA) is 199 Å². The minimum absolute atomic E-state index is 0.116. The van der Waals surface area contributed by atoms with Crippen molar-refractivity contribution in [1.29, 1.82) is 0 Å². The van der Waals surface area contributed by atoms with Crippen LogP contribution in [0.15, 0.2) is 54.6 Å². The van der Waals surface area contributed by atoms with Gasteiger partial charge in [0.25, 0.3) is 21.9 Å². The zero-order valence-electron chi connectivity index (χ0n) is 25.3. The molecule has 14 heteroatoms. The first-order chi connectivity index (χ1) is 21.3. The second-order valence-corrected chi connectivity index (χ2v) is 13.0. The fourth-order valence-corrected chi connectivity index (χ4v) is 5.87. The average molecular weight is 645 g/mol. The zero-order chi connectivity index (χ0) is 33.1. The number of carbonyl (C=O) groups is 5. The van der Waals surface area contributed by atoms with E-state index in [1.807, 2.05) is 13.8 Å². The van der Waals surface area contributed by atoms with E-state index in [0.717, 1.165) is 10.5 Å². The first-order valence-electron chi connectivity index (χ1n) is 14.8. The summed E-state index contributed by atoms with van der Waals surface area (Å²) < 4.78 is 30.7. The summed E-state index contributed by atoms with van der Waals surface area (Å²) in [5.41, 5.74) is 2.67. The van der Waals surface area contributed by atoms with Crippen LogP contribution in [0.1, 0.15) is 65.8 Å². The molecule has 13 nitrogen and oxygen atoms in total. The minimum atomic E-state index is -4.07. The number of imide groups is 1. The van der Waals surface area contributed by atoms with Gasteiger partial charge in [0.2, 0.25) is 17.7 Å². The van der Waals surface area contributed by atoms with Crippen LogP contribution in [0.3, 0.4) is 0 Å². The molecule has 0 bridgehead atoms. The minimum Gasteiger partial charge on any atom is -0.354 e. The van der Waals surface area contributed by atoms with E-state index in [1.165, 1.54) is 12.1 Å². The smallest absolute Gasteiger partial charge is 0.264 e. The van der Waals surface area contributed by atoms with Crippen LogP contribution in [-0.2, 0) is 30.9 Å². The molecular formula is C31H40N4O9S. The highest BCUT2D eigenvalue weighted by molar-refractivity contribution is 7.85. The van der Waals surface area contributed by atoms with Gasteiger partial charge in [0.1, 0.15) is 6.04 Å². The normalized spacial score (nSPS) is 14.9. The largest absolute Gasteiger partial charge is 0.354 e. The maximum Gasteiger partial charge on any atom is 0.264 e. The summed E-state index contributed by atoms with van der Waals surface area (Å²) in [6, 6.07) is 14.1. The van der Waals surface area contributed by atoms with Crippen LogP contribution >= 0.6 is 0 Å². The molecule has 0 spiro atoms. The van der Waals surface area contributed by atoms with E-state index in [9.17, 15) is 37.6 Å². The molecule has 2 aromatic carbocycles. The quantitative estimate of drug-likeness (QED) is 0.0562. The molecule has 244 valence electrons. The number of amides is 5. The van der Waals surface area contributed by atoms with E-state index in [4.69, 9.17) is 4.55 Å². The Bertz CT molecular complexity index is 1450. The average Bonchev–Trinajstić information content (AvgIpc) is 3.24. The number of unbranched alkanes of at least 4 members (excludes halogenated alkanes) is 2. The third-order valence-electron chi connectivity index (χ3n) is 7.55. The number of hydroxylamine groups is 1. The molecule has 0 aromatic heterocycles. The molecule has 3 unspecified atom stereocenters. The predicted octanol–water partition coefficient (Wildman–Crippen LogP) is 1.97. The molecule has 5 N–H and O–H groups in total. The molecule has 5 amide bonds. The van der Waals surface area contributed by atoms with Crippen molar-refractivity contribution in [1.82, 2.24) is 21.0 Å². The van der Waals surface area contributed by atoms with Crippen LogP contribution in [0, 0.1) is 17.8 Å². The molecule has 45 heavy (non-hydrogen) atoms. The lowest BCUT2D eigenvalue weighted by molar-refractivity contribution is -0.142. The van der Waals surface area contributed by atoms with Gasteiger partial charge in [-0.2, -0.15) is 8.42 Å². The lowest BCUT2D eigenvalue weighted by Crippen LogP contribution is -2.53. The highest BCUT2D eigenvalue weighted by atomic mass is 32.2. The van der Waals surface area contributed by atoms with Gasteiger partial charge in [-0.25, -0.2) is 5.48 Å². The Labute approximate surface area is 262 Å². The number of rotatable bonds is 17. The third-order valence-corrected chi connectivity index (χ3v) is 8.35. The third kappa shape index (κ3) is 10.2. The van der Waals surface area contributed by atoms with E-state index in [2.05, 4.69) is 10.6 Å². The second-order valence-electron chi connectivity index (χ2n) is 11.5. The Balaban J connectivity index is 1.80. The lowest BCUT2D eigenvalue weighted by Gasteiger charge is -2.30. The van der Waals surface area contributed by atoms with Gasteiger partial charge in [-0.1, -0.05) is 62.7 Å². The Morgan fingerprint density at radius 3 is 1.98 bits per heavy atom. The summed E-state index contributed by atoms with van der Waals surface area (Å²) in [6.07, 6.45) is 1.34. The molecule has 0 saturated heterocycles. The van der Waals surface area contributed by atoms with Crippen LogP contribution in [-0.4, -0.2) is 77.5 Å². The molecule has 1 heterocycles. The molecule has 2 aromatic rings. The van der Waals surface area contributed by atoms with Gasteiger partial charge >= 0.3 is 0 Å². The summed E-state index contributed by atoms with van der Waals surface area (Å²) in [6.45, 7) is 3.37. The van der Waals surface area contributed by atoms with Gasteiger partial charge < -0.3 is 10.6 Å². The SMILES string of the molecule is CC(C)CC(C(=O)NC(Cc1ccccc1)C(=O)NCCCCCS(=O)(=O)O)C(CN1C(=O)c2ccccc2C1=O)C(=O)NO. The first-order valence-corrected chi connectivity index (χ1v) is 16.4. The van der Waals surface area contributed by atoms with Crippen LogP contribution in [0.25, 0.3) is 0 Å². The molecule has 0 fully saturated rings. The molecule has 0 aliphatic carbocycles.